The quantitative estimate of drug-likeness (QED) is 0.256. The number of esters is 1. The van der Waals surface area contributed by atoms with E-state index in [1.165, 1.54) is 0 Å². The molecule has 168 valence electrons. The Hall–Kier alpha value is -3.51. The van der Waals surface area contributed by atoms with Crippen LogP contribution in [0.1, 0.15) is 43.9 Å². The van der Waals surface area contributed by atoms with E-state index < -0.39 is 0 Å². The van der Waals surface area contributed by atoms with Gasteiger partial charge in [0.1, 0.15) is 22.9 Å². The molecular formula is C26H29NO5. The Labute approximate surface area is 187 Å². The summed E-state index contributed by atoms with van der Waals surface area (Å²) >= 11 is 0. The topological polar surface area (TPSA) is 94.9 Å². The molecule has 1 heterocycles. The fourth-order valence-corrected chi connectivity index (χ4v) is 3.49. The van der Waals surface area contributed by atoms with Gasteiger partial charge in [-0.1, -0.05) is 25.1 Å². The molecule has 0 aliphatic rings. The van der Waals surface area contributed by atoms with Crippen molar-refractivity contribution >= 4 is 22.5 Å². The lowest BCUT2D eigenvalue weighted by Crippen LogP contribution is -2.08. The van der Waals surface area contributed by atoms with Crippen LogP contribution in [0.4, 0.5) is 0 Å². The van der Waals surface area contributed by atoms with E-state index in [2.05, 4.69) is 0 Å². The molecule has 0 fully saturated rings. The Morgan fingerprint density at radius 2 is 1.97 bits per heavy atom. The van der Waals surface area contributed by atoms with Gasteiger partial charge in [-0.25, -0.2) is 0 Å². The number of nitrogens with two attached hydrogens (primary N) is 1. The van der Waals surface area contributed by atoms with Crippen LogP contribution in [-0.2, 0) is 22.5 Å². The molecule has 3 rings (SSSR count). The Bertz CT molecular complexity index is 1160. The highest BCUT2D eigenvalue weighted by atomic mass is 16.5. The summed E-state index contributed by atoms with van der Waals surface area (Å²) in [5, 5.41) is 11.6. The number of carbonyl (C=O) groups is 1. The van der Waals surface area contributed by atoms with Crippen molar-refractivity contribution in [1.82, 2.24) is 0 Å². The van der Waals surface area contributed by atoms with Gasteiger partial charge in [0, 0.05) is 35.1 Å². The largest absolute Gasteiger partial charge is 0.512 e. The van der Waals surface area contributed by atoms with Crippen molar-refractivity contribution in [1.29, 1.82) is 0 Å². The summed E-state index contributed by atoms with van der Waals surface area (Å²) in [6.07, 6.45) is 3.95. The summed E-state index contributed by atoms with van der Waals surface area (Å²) in [5.41, 5.74) is 9.55. The minimum Gasteiger partial charge on any atom is -0.512 e. The average molecular weight is 436 g/mol. The van der Waals surface area contributed by atoms with Gasteiger partial charge in [-0.2, -0.15) is 0 Å². The number of carbonyl (C=O) groups excluding carboxylic acids is 1. The highest BCUT2D eigenvalue weighted by Gasteiger charge is 2.15. The molecule has 0 bridgehead atoms. The molecule has 0 radical (unpaired) electrons. The van der Waals surface area contributed by atoms with Gasteiger partial charge in [0.05, 0.1) is 19.3 Å². The molecule has 32 heavy (non-hydrogen) atoms. The molecule has 0 atom stereocenters. The van der Waals surface area contributed by atoms with E-state index in [0.717, 1.165) is 22.1 Å². The van der Waals surface area contributed by atoms with Crippen molar-refractivity contribution in [2.45, 2.75) is 40.2 Å². The summed E-state index contributed by atoms with van der Waals surface area (Å²) in [6, 6.07) is 13.1. The fourth-order valence-electron chi connectivity index (χ4n) is 3.49. The standard InChI is InChI=1S/C26H29NO5/c1-4-23(28)21(22-14-18(16-27)13-20-10-11-31-26(20)22)12-17(3)32-24-9-7-6-8-19(24)15-25(29)30-5-2/h6-14,28H,4-5,15-16,27H2,1-3H3/b17-12+,23-21-. The average Bonchev–Trinajstić information content (AvgIpc) is 3.26. The maximum atomic E-state index is 11.9. The van der Waals surface area contributed by atoms with Crippen LogP contribution in [0.25, 0.3) is 16.5 Å². The molecule has 0 spiro atoms. The third-order valence-electron chi connectivity index (χ3n) is 5.01. The van der Waals surface area contributed by atoms with E-state index in [4.69, 9.17) is 19.6 Å². The van der Waals surface area contributed by atoms with Gasteiger partial charge in [0.15, 0.2) is 0 Å². The maximum Gasteiger partial charge on any atom is 0.310 e. The van der Waals surface area contributed by atoms with Crippen LogP contribution in [0.5, 0.6) is 5.75 Å². The molecule has 2 aromatic carbocycles. The van der Waals surface area contributed by atoms with Crippen LogP contribution in [0, 0.1) is 0 Å². The minimum absolute atomic E-state index is 0.117. The molecule has 0 aliphatic heterocycles. The van der Waals surface area contributed by atoms with Crippen LogP contribution in [-0.4, -0.2) is 17.7 Å². The Morgan fingerprint density at radius 1 is 1.19 bits per heavy atom. The second-order valence-corrected chi connectivity index (χ2v) is 7.35. The van der Waals surface area contributed by atoms with Gasteiger partial charge < -0.3 is 24.7 Å². The number of hydrogen-bond donors (Lipinski definition) is 2. The Morgan fingerprint density at radius 3 is 2.69 bits per heavy atom. The van der Waals surface area contributed by atoms with Crippen molar-refractivity contribution in [3.8, 4) is 5.75 Å². The van der Waals surface area contributed by atoms with Gasteiger partial charge in [-0.3, -0.25) is 4.79 Å². The lowest BCUT2D eigenvalue weighted by molar-refractivity contribution is -0.142. The number of para-hydroxylation sites is 1. The van der Waals surface area contributed by atoms with Crippen LogP contribution < -0.4 is 10.5 Å². The predicted octanol–water partition coefficient (Wildman–Crippen LogP) is 5.66. The number of ether oxygens (including phenoxy) is 2. The first-order valence-corrected chi connectivity index (χ1v) is 10.7. The lowest BCUT2D eigenvalue weighted by atomic mass is 9.98. The molecule has 0 saturated heterocycles. The van der Waals surface area contributed by atoms with Gasteiger partial charge >= 0.3 is 5.97 Å². The Balaban J connectivity index is 1.99. The number of allylic oxidation sites excluding steroid dienone is 4. The van der Waals surface area contributed by atoms with E-state index in [9.17, 15) is 9.90 Å². The van der Waals surface area contributed by atoms with E-state index in [0.29, 0.717) is 42.2 Å². The summed E-state index contributed by atoms with van der Waals surface area (Å²) in [7, 11) is 0. The second kappa shape index (κ2) is 10.7. The predicted molar refractivity (Wildman–Crippen MR) is 125 cm³/mol. The first kappa shape index (κ1) is 23.2. The van der Waals surface area contributed by atoms with E-state index in [1.807, 2.05) is 43.3 Å². The second-order valence-electron chi connectivity index (χ2n) is 7.35. The summed E-state index contributed by atoms with van der Waals surface area (Å²) in [4.78, 5) is 11.9. The molecule has 0 unspecified atom stereocenters. The SMILES string of the molecule is CCOC(=O)Cc1ccccc1O/C(C)=C/C(=C(/O)CC)c1cc(CN)cc2ccoc12. The number of fused-ring (bicyclic) bond motifs is 1. The zero-order chi connectivity index (χ0) is 23.1. The summed E-state index contributed by atoms with van der Waals surface area (Å²) < 4.78 is 16.8. The van der Waals surface area contributed by atoms with Crippen LogP contribution in [0.3, 0.4) is 0 Å². The number of aliphatic hydroxyl groups excluding tert-OH is 1. The maximum absolute atomic E-state index is 11.9. The van der Waals surface area contributed by atoms with Crippen LogP contribution in [0.15, 0.2) is 70.7 Å². The first-order chi connectivity index (χ1) is 15.5. The third-order valence-corrected chi connectivity index (χ3v) is 5.01. The van der Waals surface area contributed by atoms with E-state index in [1.54, 1.807) is 32.3 Å². The van der Waals surface area contributed by atoms with E-state index in [-0.39, 0.29) is 18.1 Å². The number of hydrogen-bond acceptors (Lipinski definition) is 6. The van der Waals surface area contributed by atoms with Gasteiger partial charge in [-0.05, 0) is 49.8 Å². The van der Waals surface area contributed by atoms with Crippen molar-refractivity contribution in [3.05, 3.63) is 83.0 Å². The zero-order valence-corrected chi connectivity index (χ0v) is 18.7. The molecule has 1 aromatic heterocycles. The minimum atomic E-state index is -0.312. The van der Waals surface area contributed by atoms with Gasteiger partial charge in [0.2, 0.25) is 0 Å². The number of benzene rings is 2. The van der Waals surface area contributed by atoms with Crippen LogP contribution >= 0.6 is 0 Å². The summed E-state index contributed by atoms with van der Waals surface area (Å²) in [5.74, 6) is 1.01. The Kier molecular flexibility index (Phi) is 7.73. The smallest absolute Gasteiger partial charge is 0.310 e. The number of rotatable bonds is 9. The van der Waals surface area contributed by atoms with Crippen LogP contribution in [0.2, 0.25) is 0 Å². The van der Waals surface area contributed by atoms with E-state index >= 15 is 0 Å². The molecular weight excluding hydrogens is 406 g/mol. The molecule has 0 saturated carbocycles. The zero-order valence-electron chi connectivity index (χ0n) is 18.7. The van der Waals surface area contributed by atoms with Crippen molar-refractivity contribution in [2.75, 3.05) is 6.61 Å². The molecule has 3 N–H and O–H groups in total. The van der Waals surface area contributed by atoms with Gasteiger partial charge in [-0.15, -0.1) is 0 Å². The fraction of sp³-hybridized carbons (Fsp3) is 0.269. The molecule has 6 nitrogen and oxygen atoms in total. The monoisotopic (exact) mass is 435 g/mol. The highest BCUT2D eigenvalue weighted by molar-refractivity contribution is 5.93. The molecule has 0 amide bonds. The van der Waals surface area contributed by atoms with Gasteiger partial charge in [0.25, 0.3) is 0 Å². The third kappa shape index (κ3) is 5.39. The first-order valence-electron chi connectivity index (χ1n) is 10.7. The molecule has 0 aliphatic carbocycles. The molecule has 6 heteroatoms. The number of furan rings is 1. The number of aliphatic hydroxyl groups is 1. The normalized spacial score (nSPS) is 12.6. The van der Waals surface area contributed by atoms with Crippen molar-refractivity contribution in [3.63, 3.8) is 0 Å². The summed E-state index contributed by atoms with van der Waals surface area (Å²) in [6.45, 7) is 6.15. The highest BCUT2D eigenvalue weighted by Crippen LogP contribution is 2.32. The molecule has 3 aromatic rings. The van der Waals surface area contributed by atoms with Crippen molar-refractivity contribution in [2.24, 2.45) is 5.73 Å². The van der Waals surface area contributed by atoms with Crippen molar-refractivity contribution < 1.29 is 23.8 Å². The lowest BCUT2D eigenvalue weighted by Gasteiger charge is -2.14.